The fourth-order valence-corrected chi connectivity index (χ4v) is 5.18. The first-order valence-corrected chi connectivity index (χ1v) is 9.28. The van der Waals surface area contributed by atoms with Gasteiger partial charge in [-0.1, -0.05) is 15.9 Å². The molecule has 2 N–H and O–H groups in total. The Labute approximate surface area is 134 Å². The average molecular weight is 372 g/mol. The highest BCUT2D eigenvalue weighted by atomic mass is 79.9. The second-order valence-corrected chi connectivity index (χ2v) is 8.07. The van der Waals surface area contributed by atoms with E-state index in [1.54, 1.807) is 12.1 Å². The number of fused-ring (bicyclic) bond motifs is 1. The zero-order valence-electron chi connectivity index (χ0n) is 10.9. The zero-order chi connectivity index (χ0) is 14.1. The molecule has 20 heavy (non-hydrogen) atoms. The molecule has 106 valence electrons. The number of nitrogens with two attached hydrogens (primary N) is 1. The Kier molecular flexibility index (Phi) is 4.50. The van der Waals surface area contributed by atoms with E-state index >= 15 is 0 Å². The van der Waals surface area contributed by atoms with Crippen LogP contribution in [-0.4, -0.2) is 5.75 Å². The van der Waals surface area contributed by atoms with E-state index in [2.05, 4.69) is 22.0 Å². The lowest BCUT2D eigenvalue weighted by Gasteiger charge is -2.11. The minimum Gasteiger partial charge on any atom is -0.323 e. The van der Waals surface area contributed by atoms with Gasteiger partial charge in [0.2, 0.25) is 0 Å². The summed E-state index contributed by atoms with van der Waals surface area (Å²) in [5, 5.41) is 0. The van der Waals surface area contributed by atoms with Crippen LogP contribution in [0.5, 0.6) is 0 Å². The number of rotatable bonds is 3. The SMILES string of the molecule is NC(Cc1cc(F)ccc1Br)c1cc2c(s1)CCSC2. The van der Waals surface area contributed by atoms with Gasteiger partial charge in [-0.05, 0) is 54.0 Å². The van der Waals surface area contributed by atoms with Gasteiger partial charge in [-0.2, -0.15) is 11.8 Å². The van der Waals surface area contributed by atoms with Crippen LogP contribution in [0.1, 0.15) is 26.9 Å². The van der Waals surface area contributed by atoms with Crippen LogP contribution in [0, 0.1) is 5.82 Å². The van der Waals surface area contributed by atoms with E-state index in [-0.39, 0.29) is 11.9 Å². The quantitative estimate of drug-likeness (QED) is 0.847. The molecule has 2 aromatic rings. The van der Waals surface area contributed by atoms with Crippen LogP contribution >= 0.6 is 39.0 Å². The molecular formula is C15H15BrFNS2. The van der Waals surface area contributed by atoms with Gasteiger partial charge in [-0.15, -0.1) is 11.3 Å². The van der Waals surface area contributed by atoms with Crippen LogP contribution in [0.25, 0.3) is 0 Å². The van der Waals surface area contributed by atoms with Crippen molar-refractivity contribution >= 4 is 39.0 Å². The van der Waals surface area contributed by atoms with Gasteiger partial charge in [-0.25, -0.2) is 4.39 Å². The fourth-order valence-electron chi connectivity index (χ4n) is 2.39. The van der Waals surface area contributed by atoms with Crippen LogP contribution in [0.3, 0.4) is 0 Å². The molecule has 3 rings (SSSR count). The van der Waals surface area contributed by atoms with Gasteiger partial charge in [0.15, 0.2) is 0 Å². The van der Waals surface area contributed by atoms with Crippen molar-refractivity contribution in [2.45, 2.75) is 24.6 Å². The van der Waals surface area contributed by atoms with E-state index in [1.807, 2.05) is 23.1 Å². The van der Waals surface area contributed by atoms with Crippen molar-refractivity contribution in [3.05, 3.63) is 55.4 Å². The molecule has 0 amide bonds. The number of halogens is 2. The lowest BCUT2D eigenvalue weighted by molar-refractivity contribution is 0.622. The Morgan fingerprint density at radius 3 is 3.00 bits per heavy atom. The maximum absolute atomic E-state index is 13.3. The number of hydrogen-bond donors (Lipinski definition) is 1. The van der Waals surface area contributed by atoms with E-state index in [9.17, 15) is 4.39 Å². The third-order valence-electron chi connectivity index (χ3n) is 3.46. The van der Waals surface area contributed by atoms with Crippen molar-refractivity contribution in [3.63, 3.8) is 0 Å². The Morgan fingerprint density at radius 2 is 2.20 bits per heavy atom. The molecule has 1 unspecified atom stereocenters. The minimum absolute atomic E-state index is 0.0614. The molecule has 0 bridgehead atoms. The summed E-state index contributed by atoms with van der Waals surface area (Å²) >= 11 is 7.27. The van der Waals surface area contributed by atoms with Crippen LogP contribution in [0.4, 0.5) is 4.39 Å². The molecule has 5 heteroatoms. The smallest absolute Gasteiger partial charge is 0.123 e. The van der Waals surface area contributed by atoms with Crippen LogP contribution in [-0.2, 0) is 18.6 Å². The van der Waals surface area contributed by atoms with E-state index in [1.165, 1.54) is 27.1 Å². The monoisotopic (exact) mass is 371 g/mol. The first-order valence-electron chi connectivity index (χ1n) is 6.52. The van der Waals surface area contributed by atoms with Crippen LogP contribution < -0.4 is 5.73 Å². The third-order valence-corrected chi connectivity index (χ3v) is 6.61. The molecule has 2 heterocycles. The molecule has 0 fully saturated rings. The summed E-state index contributed by atoms with van der Waals surface area (Å²) in [6, 6.07) is 6.94. The summed E-state index contributed by atoms with van der Waals surface area (Å²) in [5.41, 5.74) is 8.69. The van der Waals surface area contributed by atoms with Crippen molar-refractivity contribution in [1.29, 1.82) is 0 Å². The molecular weight excluding hydrogens is 357 g/mol. The Morgan fingerprint density at radius 1 is 1.35 bits per heavy atom. The molecule has 0 radical (unpaired) electrons. The number of aryl methyl sites for hydroxylation is 1. The number of hydrogen-bond acceptors (Lipinski definition) is 3. The molecule has 0 saturated heterocycles. The van der Waals surface area contributed by atoms with Crippen molar-refractivity contribution in [2.24, 2.45) is 5.73 Å². The van der Waals surface area contributed by atoms with Gasteiger partial charge >= 0.3 is 0 Å². The Bertz CT molecular complexity index is 603. The molecule has 0 spiro atoms. The molecule has 0 aliphatic carbocycles. The van der Waals surface area contributed by atoms with Crippen LogP contribution in [0.2, 0.25) is 0 Å². The first-order chi connectivity index (χ1) is 9.63. The largest absolute Gasteiger partial charge is 0.323 e. The summed E-state index contributed by atoms with van der Waals surface area (Å²) in [6.45, 7) is 0. The number of thioether (sulfide) groups is 1. The van der Waals surface area contributed by atoms with Crippen molar-refractivity contribution < 1.29 is 4.39 Å². The molecule has 1 aliphatic heterocycles. The fraction of sp³-hybridized carbons (Fsp3) is 0.333. The zero-order valence-corrected chi connectivity index (χ0v) is 14.1. The summed E-state index contributed by atoms with van der Waals surface area (Å²) in [4.78, 5) is 2.70. The van der Waals surface area contributed by atoms with Crippen molar-refractivity contribution in [2.75, 3.05) is 5.75 Å². The average Bonchev–Trinajstić information content (AvgIpc) is 2.87. The number of thiophene rings is 1. The van der Waals surface area contributed by atoms with Gasteiger partial charge in [0, 0.05) is 26.0 Å². The third kappa shape index (κ3) is 3.11. The standard InChI is InChI=1S/C15H15BrFNS2/c16-12-2-1-11(17)5-9(12)6-13(18)15-7-10-8-19-4-3-14(10)20-15/h1-2,5,7,13H,3-4,6,8,18H2. The predicted molar refractivity (Wildman–Crippen MR) is 88.9 cm³/mol. The van der Waals surface area contributed by atoms with E-state index in [0.29, 0.717) is 6.42 Å². The normalized spacial score (nSPS) is 15.9. The van der Waals surface area contributed by atoms with Crippen molar-refractivity contribution in [3.8, 4) is 0 Å². The highest BCUT2D eigenvalue weighted by molar-refractivity contribution is 9.10. The predicted octanol–water partition coefficient (Wildman–Crippen LogP) is 4.68. The van der Waals surface area contributed by atoms with Gasteiger partial charge in [0.05, 0.1) is 0 Å². The Hall–Kier alpha value is -0.360. The van der Waals surface area contributed by atoms with E-state index in [0.717, 1.165) is 22.2 Å². The summed E-state index contributed by atoms with van der Waals surface area (Å²) in [6.07, 6.45) is 1.81. The maximum Gasteiger partial charge on any atom is 0.123 e. The summed E-state index contributed by atoms with van der Waals surface area (Å²) < 4.78 is 14.2. The Balaban J connectivity index is 1.80. The number of benzene rings is 1. The highest BCUT2D eigenvalue weighted by Crippen LogP contribution is 2.35. The molecule has 1 aromatic heterocycles. The maximum atomic E-state index is 13.3. The van der Waals surface area contributed by atoms with E-state index in [4.69, 9.17) is 5.73 Å². The second-order valence-electron chi connectivity index (χ2n) is 4.95. The summed E-state index contributed by atoms with van der Waals surface area (Å²) in [5.74, 6) is 2.09. The van der Waals surface area contributed by atoms with Crippen molar-refractivity contribution in [1.82, 2.24) is 0 Å². The molecule has 0 saturated carbocycles. The lowest BCUT2D eigenvalue weighted by atomic mass is 10.0. The van der Waals surface area contributed by atoms with Crippen LogP contribution in [0.15, 0.2) is 28.7 Å². The van der Waals surface area contributed by atoms with E-state index < -0.39 is 0 Å². The van der Waals surface area contributed by atoms with Gasteiger partial charge in [0.25, 0.3) is 0 Å². The first kappa shape index (κ1) is 14.6. The second kappa shape index (κ2) is 6.18. The molecule has 1 atom stereocenters. The topological polar surface area (TPSA) is 26.0 Å². The summed E-state index contributed by atoms with van der Waals surface area (Å²) in [7, 11) is 0. The highest BCUT2D eigenvalue weighted by Gasteiger charge is 2.18. The van der Waals surface area contributed by atoms with Gasteiger partial charge in [-0.3, -0.25) is 0 Å². The van der Waals surface area contributed by atoms with Gasteiger partial charge in [0.1, 0.15) is 5.82 Å². The van der Waals surface area contributed by atoms with Gasteiger partial charge < -0.3 is 5.73 Å². The lowest BCUT2D eigenvalue weighted by Crippen LogP contribution is -2.12. The molecule has 1 aliphatic rings. The molecule has 1 nitrogen and oxygen atoms in total. The molecule has 1 aromatic carbocycles. The minimum atomic E-state index is -0.211.